The number of fused-ring (bicyclic) bond motifs is 1. The number of rotatable bonds is 0. The number of nitrogens with zero attached hydrogens (tertiary/aromatic N) is 1. The highest BCUT2D eigenvalue weighted by molar-refractivity contribution is 5.69. The summed E-state index contributed by atoms with van der Waals surface area (Å²) in [5.41, 5.74) is 1.37. The van der Waals surface area contributed by atoms with Crippen LogP contribution in [0.4, 0.5) is 11.5 Å². The second kappa shape index (κ2) is 2.19. The van der Waals surface area contributed by atoms with Crippen LogP contribution in [0.25, 0.3) is 0 Å². The molecule has 0 aliphatic carbocycles. The van der Waals surface area contributed by atoms with Crippen molar-refractivity contribution in [1.82, 2.24) is 4.98 Å². The van der Waals surface area contributed by atoms with Crippen LogP contribution >= 0.6 is 0 Å². The van der Waals surface area contributed by atoms with Crippen molar-refractivity contribution in [2.24, 2.45) is 0 Å². The number of hydrogen-bond acceptors (Lipinski definition) is 2. The maximum Gasteiger partial charge on any atom is 0.129 e. The third kappa shape index (κ3) is 1.05. The summed E-state index contributed by atoms with van der Waals surface area (Å²) in [4.78, 5) is 5.45. The van der Waals surface area contributed by atoms with Crippen LogP contribution in [-0.4, -0.2) is 24.1 Å². The van der Waals surface area contributed by atoms with Gasteiger partial charge in [0.15, 0.2) is 0 Å². The molecule has 0 fully saturated rings. The van der Waals surface area contributed by atoms with Crippen molar-refractivity contribution in [3.63, 3.8) is 0 Å². The number of likely N-dealkylation sites (N-methyl/N-ethyl adjacent to an activating group) is 1. The Morgan fingerprint density at radius 3 is 3.00 bits per heavy atom. The molecule has 0 atom stereocenters. The van der Waals surface area contributed by atoms with Gasteiger partial charge in [-0.2, -0.15) is 0 Å². The number of nitrogens with one attached hydrogen (secondary N) is 2. The highest BCUT2D eigenvalue weighted by atomic mass is 15.3. The lowest BCUT2D eigenvalue weighted by Gasteiger charge is -2.38. The molecule has 66 valence electrons. The average Bonchev–Trinajstić information content (AvgIpc) is 2.31. The molecule has 2 heterocycles. The Kier molecular flexibility index (Phi) is 1.37. The Morgan fingerprint density at radius 1 is 1.50 bits per heavy atom. The number of aromatic amines is 1. The number of aromatic nitrogens is 1. The summed E-state index contributed by atoms with van der Waals surface area (Å²) in [6, 6.07) is 2.08. The van der Waals surface area contributed by atoms with Gasteiger partial charge >= 0.3 is 0 Å². The molecule has 2 rings (SSSR count). The molecule has 0 saturated heterocycles. The summed E-state index contributed by atoms with van der Waals surface area (Å²) in [6.07, 6.45) is 1.97. The molecule has 2 N–H and O–H groups in total. The van der Waals surface area contributed by atoms with Crippen LogP contribution in [0.1, 0.15) is 13.8 Å². The van der Waals surface area contributed by atoms with Crippen LogP contribution in [0.5, 0.6) is 0 Å². The zero-order valence-corrected chi connectivity index (χ0v) is 7.81. The molecule has 0 radical (unpaired) electrons. The molecule has 1 aliphatic rings. The minimum Gasteiger partial charge on any atom is -0.375 e. The Balaban J connectivity index is 2.38. The lowest BCUT2D eigenvalue weighted by Crippen LogP contribution is -2.46. The van der Waals surface area contributed by atoms with Gasteiger partial charge < -0.3 is 15.2 Å². The normalized spacial score (nSPS) is 20.1. The van der Waals surface area contributed by atoms with E-state index in [1.807, 2.05) is 6.20 Å². The van der Waals surface area contributed by atoms with Crippen LogP contribution in [0.2, 0.25) is 0 Å². The van der Waals surface area contributed by atoms with Crippen LogP contribution in [0.3, 0.4) is 0 Å². The minimum absolute atomic E-state index is 0.171. The number of anilines is 2. The zero-order chi connectivity index (χ0) is 8.77. The van der Waals surface area contributed by atoms with E-state index in [0.29, 0.717) is 0 Å². The molecule has 0 spiro atoms. The highest BCUT2D eigenvalue weighted by Crippen LogP contribution is 2.31. The van der Waals surface area contributed by atoms with E-state index in [1.165, 1.54) is 11.5 Å². The standard InChI is InChI=1S/C9H15N3/c1-9(2)6-12(3)8-7(11-9)4-5-10-8/h4-5,10-11H,6H2,1-3H3. The second-order valence-electron chi connectivity index (χ2n) is 4.10. The molecule has 3 heteroatoms. The molecule has 1 aliphatic heterocycles. The molecular weight excluding hydrogens is 150 g/mol. The topological polar surface area (TPSA) is 31.1 Å². The molecule has 0 aromatic carbocycles. The monoisotopic (exact) mass is 165 g/mol. The van der Waals surface area contributed by atoms with E-state index in [0.717, 1.165) is 6.54 Å². The van der Waals surface area contributed by atoms with Crippen LogP contribution < -0.4 is 10.2 Å². The van der Waals surface area contributed by atoms with E-state index >= 15 is 0 Å². The van der Waals surface area contributed by atoms with E-state index in [2.05, 4.69) is 42.2 Å². The molecule has 0 bridgehead atoms. The lowest BCUT2D eigenvalue weighted by atomic mass is 10.0. The van der Waals surface area contributed by atoms with Gasteiger partial charge in [0.25, 0.3) is 0 Å². The summed E-state index contributed by atoms with van der Waals surface area (Å²) in [6.45, 7) is 5.44. The summed E-state index contributed by atoms with van der Waals surface area (Å²) in [5.74, 6) is 1.19. The molecule has 12 heavy (non-hydrogen) atoms. The maximum absolute atomic E-state index is 3.47. The van der Waals surface area contributed by atoms with Gasteiger partial charge in [0.05, 0.1) is 5.69 Å². The van der Waals surface area contributed by atoms with Crippen molar-refractivity contribution in [3.8, 4) is 0 Å². The molecule has 1 aromatic rings. The van der Waals surface area contributed by atoms with Gasteiger partial charge in [-0.05, 0) is 19.9 Å². The third-order valence-corrected chi connectivity index (χ3v) is 2.21. The second-order valence-corrected chi connectivity index (χ2v) is 4.10. The van der Waals surface area contributed by atoms with Crippen LogP contribution in [0, 0.1) is 0 Å². The van der Waals surface area contributed by atoms with E-state index in [9.17, 15) is 0 Å². The van der Waals surface area contributed by atoms with Crippen molar-refractivity contribution in [3.05, 3.63) is 12.3 Å². The van der Waals surface area contributed by atoms with Gasteiger partial charge in [-0.3, -0.25) is 0 Å². The van der Waals surface area contributed by atoms with Gasteiger partial charge in [0.2, 0.25) is 0 Å². The number of H-pyrrole nitrogens is 1. The fourth-order valence-corrected chi connectivity index (χ4v) is 1.85. The van der Waals surface area contributed by atoms with Gasteiger partial charge in [-0.1, -0.05) is 0 Å². The van der Waals surface area contributed by atoms with Crippen LogP contribution in [-0.2, 0) is 0 Å². The van der Waals surface area contributed by atoms with Crippen molar-refractivity contribution in [2.75, 3.05) is 23.8 Å². The fraction of sp³-hybridized carbons (Fsp3) is 0.556. The Morgan fingerprint density at radius 2 is 2.25 bits per heavy atom. The SMILES string of the molecule is CN1CC(C)(C)Nc2cc[nH]c21. The van der Waals surface area contributed by atoms with E-state index in [-0.39, 0.29) is 5.54 Å². The van der Waals surface area contributed by atoms with Crippen LogP contribution in [0.15, 0.2) is 12.3 Å². The Bertz CT molecular complexity index is 288. The minimum atomic E-state index is 0.171. The summed E-state index contributed by atoms with van der Waals surface area (Å²) in [5, 5.41) is 3.47. The first-order valence-corrected chi connectivity index (χ1v) is 4.25. The molecular formula is C9H15N3. The average molecular weight is 165 g/mol. The molecule has 0 unspecified atom stereocenters. The van der Waals surface area contributed by atoms with E-state index in [4.69, 9.17) is 0 Å². The maximum atomic E-state index is 3.47. The smallest absolute Gasteiger partial charge is 0.129 e. The van der Waals surface area contributed by atoms with Gasteiger partial charge in [0.1, 0.15) is 5.82 Å². The van der Waals surface area contributed by atoms with Gasteiger partial charge in [-0.25, -0.2) is 0 Å². The predicted octanol–water partition coefficient (Wildman–Crippen LogP) is 1.65. The zero-order valence-electron chi connectivity index (χ0n) is 7.81. The summed E-state index contributed by atoms with van der Waals surface area (Å²) >= 11 is 0. The van der Waals surface area contributed by atoms with Gasteiger partial charge in [-0.15, -0.1) is 0 Å². The lowest BCUT2D eigenvalue weighted by molar-refractivity contribution is 0.548. The fourth-order valence-electron chi connectivity index (χ4n) is 1.85. The largest absolute Gasteiger partial charge is 0.375 e. The van der Waals surface area contributed by atoms with Gasteiger partial charge in [0, 0.05) is 25.3 Å². The molecule has 0 saturated carbocycles. The predicted molar refractivity (Wildman–Crippen MR) is 51.8 cm³/mol. The first-order valence-electron chi connectivity index (χ1n) is 4.25. The Labute approximate surface area is 72.8 Å². The van der Waals surface area contributed by atoms with Crippen molar-refractivity contribution in [1.29, 1.82) is 0 Å². The quantitative estimate of drug-likeness (QED) is 0.612. The van der Waals surface area contributed by atoms with Crippen molar-refractivity contribution < 1.29 is 0 Å². The van der Waals surface area contributed by atoms with E-state index in [1.54, 1.807) is 0 Å². The third-order valence-electron chi connectivity index (χ3n) is 2.21. The molecule has 0 amide bonds. The molecule has 1 aromatic heterocycles. The summed E-state index contributed by atoms with van der Waals surface area (Å²) < 4.78 is 0. The summed E-state index contributed by atoms with van der Waals surface area (Å²) in [7, 11) is 2.11. The number of hydrogen-bond donors (Lipinski definition) is 2. The Hall–Kier alpha value is -1.12. The van der Waals surface area contributed by atoms with Crippen molar-refractivity contribution >= 4 is 11.5 Å². The first-order chi connectivity index (χ1) is 5.58. The van der Waals surface area contributed by atoms with Crippen molar-refractivity contribution in [2.45, 2.75) is 19.4 Å². The first kappa shape index (κ1) is 7.53. The van der Waals surface area contributed by atoms with E-state index < -0.39 is 0 Å². The highest BCUT2D eigenvalue weighted by Gasteiger charge is 2.27. The molecule has 3 nitrogen and oxygen atoms in total.